The number of carbonyl (C=O) groups is 1. The van der Waals surface area contributed by atoms with Crippen molar-refractivity contribution >= 4 is 16.1 Å². The predicted molar refractivity (Wildman–Crippen MR) is 92.5 cm³/mol. The molecule has 0 aliphatic rings. The van der Waals surface area contributed by atoms with Crippen LogP contribution in [-0.4, -0.2) is 51.4 Å². The summed E-state index contributed by atoms with van der Waals surface area (Å²) < 4.78 is 32.8. The molecule has 0 radical (unpaired) electrons. The van der Waals surface area contributed by atoms with Crippen molar-refractivity contribution in [1.82, 2.24) is 10.2 Å². The summed E-state index contributed by atoms with van der Waals surface area (Å²) in [7, 11) is -2.09. The van der Waals surface area contributed by atoms with Crippen LogP contribution in [-0.2, 0) is 21.4 Å². The zero-order chi connectivity index (χ0) is 18.4. The summed E-state index contributed by atoms with van der Waals surface area (Å²) in [4.78, 5) is 14.0. The number of carbonyl (C=O) groups excluding carboxylic acids is 1. The van der Waals surface area contributed by atoms with Crippen LogP contribution in [0.3, 0.4) is 0 Å². The van der Waals surface area contributed by atoms with E-state index in [1.54, 1.807) is 36.3 Å². The van der Waals surface area contributed by atoms with Gasteiger partial charge in [0.2, 0.25) is 0 Å². The number of hydrogen-bond donors (Lipinski definition) is 1. The number of rotatable bonds is 7. The Hall–Kier alpha value is -1.80. The van der Waals surface area contributed by atoms with E-state index >= 15 is 0 Å². The second kappa shape index (κ2) is 8.34. The van der Waals surface area contributed by atoms with Crippen molar-refractivity contribution in [2.24, 2.45) is 0 Å². The Bertz CT molecular complexity index is 653. The third-order valence-electron chi connectivity index (χ3n) is 2.91. The van der Waals surface area contributed by atoms with E-state index in [-0.39, 0.29) is 23.9 Å². The summed E-state index contributed by atoms with van der Waals surface area (Å²) in [5.41, 5.74) is 0.216. The molecule has 0 saturated carbocycles. The minimum absolute atomic E-state index is 0.205. The molecule has 1 aromatic rings. The van der Waals surface area contributed by atoms with Crippen molar-refractivity contribution in [3.8, 4) is 5.75 Å². The van der Waals surface area contributed by atoms with Crippen LogP contribution in [0.5, 0.6) is 5.75 Å². The van der Waals surface area contributed by atoms with Crippen LogP contribution in [0.25, 0.3) is 0 Å². The lowest BCUT2D eigenvalue weighted by molar-refractivity contribution is 0.142. The van der Waals surface area contributed by atoms with Gasteiger partial charge in [-0.1, -0.05) is 18.2 Å². The minimum atomic E-state index is -3.65. The van der Waals surface area contributed by atoms with Gasteiger partial charge in [-0.3, -0.25) is 0 Å². The van der Waals surface area contributed by atoms with E-state index in [1.165, 1.54) is 0 Å². The Kier molecular flexibility index (Phi) is 7.04. The maximum Gasteiger partial charge on any atom is 0.318 e. The van der Waals surface area contributed by atoms with Gasteiger partial charge in [0.15, 0.2) is 0 Å². The van der Waals surface area contributed by atoms with E-state index in [2.05, 4.69) is 5.32 Å². The SMILES string of the molecule is COCCN(Cc1ccccc1OS(C)(=O)=O)C(=O)NC(C)(C)C. The highest BCUT2D eigenvalue weighted by Crippen LogP contribution is 2.21. The summed E-state index contributed by atoms with van der Waals surface area (Å²) in [6.45, 7) is 6.61. The van der Waals surface area contributed by atoms with Gasteiger partial charge in [-0.25, -0.2) is 4.79 Å². The largest absolute Gasteiger partial charge is 0.383 e. The van der Waals surface area contributed by atoms with Crippen LogP contribution in [0.1, 0.15) is 26.3 Å². The summed E-state index contributed by atoms with van der Waals surface area (Å²) >= 11 is 0. The fraction of sp³-hybridized carbons (Fsp3) is 0.562. The van der Waals surface area contributed by atoms with Crippen LogP contribution in [0.2, 0.25) is 0 Å². The molecule has 0 spiro atoms. The van der Waals surface area contributed by atoms with Gasteiger partial charge in [0.1, 0.15) is 5.75 Å². The molecular formula is C16H26N2O5S. The average Bonchev–Trinajstić information content (AvgIpc) is 2.41. The fourth-order valence-electron chi connectivity index (χ4n) is 1.94. The predicted octanol–water partition coefficient (Wildman–Crippen LogP) is 1.98. The third-order valence-corrected chi connectivity index (χ3v) is 3.39. The lowest BCUT2D eigenvalue weighted by atomic mass is 10.1. The van der Waals surface area contributed by atoms with Gasteiger partial charge in [-0.15, -0.1) is 0 Å². The number of amides is 2. The first-order chi connectivity index (χ1) is 11.0. The Morgan fingerprint density at radius 1 is 1.25 bits per heavy atom. The van der Waals surface area contributed by atoms with Gasteiger partial charge < -0.3 is 19.1 Å². The monoisotopic (exact) mass is 358 g/mol. The molecule has 0 bridgehead atoms. The standard InChI is InChI=1S/C16H26N2O5S/c1-16(2,3)17-15(19)18(10-11-22-4)12-13-8-6-7-9-14(13)23-24(5,20)21/h6-9H,10-12H2,1-5H3,(H,17,19). The van der Waals surface area contributed by atoms with Crippen LogP contribution < -0.4 is 9.50 Å². The van der Waals surface area contributed by atoms with Crippen molar-refractivity contribution in [1.29, 1.82) is 0 Å². The smallest absolute Gasteiger partial charge is 0.318 e. The van der Waals surface area contributed by atoms with Gasteiger partial charge in [-0.05, 0) is 26.8 Å². The molecule has 1 aromatic carbocycles. The van der Waals surface area contributed by atoms with Gasteiger partial charge in [0.25, 0.3) is 0 Å². The normalized spacial score (nSPS) is 11.9. The molecule has 0 saturated heterocycles. The molecule has 136 valence electrons. The Labute approximate surface area is 144 Å². The fourth-order valence-corrected chi connectivity index (χ4v) is 2.43. The Balaban J connectivity index is 3.00. The number of ether oxygens (including phenoxy) is 1. The quantitative estimate of drug-likeness (QED) is 0.754. The number of benzene rings is 1. The highest BCUT2D eigenvalue weighted by molar-refractivity contribution is 7.86. The molecule has 1 rings (SSSR count). The van der Waals surface area contributed by atoms with Crippen molar-refractivity contribution < 1.29 is 22.1 Å². The lowest BCUT2D eigenvalue weighted by Gasteiger charge is -2.28. The molecule has 8 heteroatoms. The molecule has 0 heterocycles. The molecule has 24 heavy (non-hydrogen) atoms. The van der Waals surface area contributed by atoms with E-state index in [0.29, 0.717) is 18.7 Å². The molecule has 0 aromatic heterocycles. The molecule has 0 aliphatic carbocycles. The zero-order valence-corrected chi connectivity index (χ0v) is 15.6. The number of para-hydroxylation sites is 1. The maximum absolute atomic E-state index is 12.5. The van der Waals surface area contributed by atoms with Crippen molar-refractivity contribution in [2.75, 3.05) is 26.5 Å². The van der Waals surface area contributed by atoms with E-state index in [0.717, 1.165) is 6.26 Å². The molecular weight excluding hydrogens is 332 g/mol. The van der Waals surface area contributed by atoms with E-state index in [4.69, 9.17) is 8.92 Å². The minimum Gasteiger partial charge on any atom is -0.383 e. The molecule has 2 amide bonds. The van der Waals surface area contributed by atoms with Crippen molar-refractivity contribution in [3.05, 3.63) is 29.8 Å². The Morgan fingerprint density at radius 3 is 2.42 bits per heavy atom. The lowest BCUT2D eigenvalue weighted by Crippen LogP contribution is -2.49. The van der Waals surface area contributed by atoms with E-state index in [9.17, 15) is 13.2 Å². The molecule has 0 aliphatic heterocycles. The van der Waals surface area contributed by atoms with Crippen LogP contribution in [0.4, 0.5) is 4.79 Å². The van der Waals surface area contributed by atoms with Crippen LogP contribution in [0.15, 0.2) is 24.3 Å². The first kappa shape index (κ1) is 20.2. The highest BCUT2D eigenvalue weighted by atomic mass is 32.2. The second-order valence-electron chi connectivity index (χ2n) is 6.49. The zero-order valence-electron chi connectivity index (χ0n) is 14.8. The number of nitrogens with zero attached hydrogens (tertiary/aromatic N) is 1. The highest BCUT2D eigenvalue weighted by Gasteiger charge is 2.21. The molecule has 0 unspecified atom stereocenters. The van der Waals surface area contributed by atoms with Gasteiger partial charge >= 0.3 is 16.1 Å². The second-order valence-corrected chi connectivity index (χ2v) is 8.06. The number of hydrogen-bond acceptors (Lipinski definition) is 5. The third kappa shape index (κ3) is 7.65. The molecule has 7 nitrogen and oxygen atoms in total. The van der Waals surface area contributed by atoms with Gasteiger partial charge in [-0.2, -0.15) is 8.42 Å². The summed E-state index contributed by atoms with van der Waals surface area (Å²) in [6, 6.07) is 6.48. The van der Waals surface area contributed by atoms with Gasteiger partial charge in [0, 0.05) is 24.8 Å². The first-order valence-corrected chi connectivity index (χ1v) is 9.37. The van der Waals surface area contributed by atoms with Gasteiger partial charge in [0.05, 0.1) is 19.4 Å². The average molecular weight is 358 g/mol. The number of urea groups is 1. The number of nitrogens with one attached hydrogen (secondary N) is 1. The summed E-state index contributed by atoms with van der Waals surface area (Å²) in [5.74, 6) is 0.214. The Morgan fingerprint density at radius 2 is 1.88 bits per heavy atom. The summed E-state index contributed by atoms with van der Waals surface area (Å²) in [5, 5.41) is 2.89. The molecule has 0 fully saturated rings. The molecule has 0 atom stereocenters. The molecule has 1 N–H and O–H groups in total. The van der Waals surface area contributed by atoms with E-state index < -0.39 is 10.1 Å². The topological polar surface area (TPSA) is 84.9 Å². The van der Waals surface area contributed by atoms with E-state index in [1.807, 2.05) is 20.8 Å². The first-order valence-electron chi connectivity index (χ1n) is 7.55. The van der Waals surface area contributed by atoms with Crippen molar-refractivity contribution in [3.63, 3.8) is 0 Å². The van der Waals surface area contributed by atoms with Crippen molar-refractivity contribution in [2.45, 2.75) is 32.9 Å². The van der Waals surface area contributed by atoms with Crippen LogP contribution >= 0.6 is 0 Å². The number of methoxy groups -OCH3 is 1. The van der Waals surface area contributed by atoms with Crippen LogP contribution in [0, 0.1) is 0 Å². The summed E-state index contributed by atoms with van der Waals surface area (Å²) in [6.07, 6.45) is 0.985. The maximum atomic E-state index is 12.5.